The summed E-state index contributed by atoms with van der Waals surface area (Å²) in [5.74, 6) is 0.0697. The van der Waals surface area contributed by atoms with Gasteiger partial charge in [0.15, 0.2) is 0 Å². The van der Waals surface area contributed by atoms with Crippen molar-refractivity contribution in [3.63, 3.8) is 0 Å². The number of rotatable bonds is 4. The number of aliphatic hydroxyl groups is 1. The van der Waals surface area contributed by atoms with Gasteiger partial charge in [-0.25, -0.2) is 0 Å². The van der Waals surface area contributed by atoms with Gasteiger partial charge in [0.2, 0.25) is 5.91 Å². The highest BCUT2D eigenvalue weighted by molar-refractivity contribution is 5.85. The predicted molar refractivity (Wildman–Crippen MR) is 67.8 cm³/mol. The highest BCUT2D eigenvalue weighted by atomic mass is 16.3. The summed E-state index contributed by atoms with van der Waals surface area (Å²) in [5.41, 5.74) is -0.494. The Balaban J connectivity index is 2.64. The Kier molecular flexibility index (Phi) is 4.91. The lowest BCUT2D eigenvalue weighted by molar-refractivity contribution is -0.143. The molecule has 1 saturated heterocycles. The molecule has 0 saturated carbocycles. The summed E-state index contributed by atoms with van der Waals surface area (Å²) in [5, 5.41) is 12.6. The van der Waals surface area contributed by atoms with Crippen LogP contribution in [0, 0.1) is 0 Å². The molecular weight excluding hydrogens is 218 g/mol. The van der Waals surface area contributed by atoms with Gasteiger partial charge in [-0.3, -0.25) is 9.69 Å². The molecule has 0 bridgehead atoms. The molecule has 5 heteroatoms. The summed E-state index contributed by atoms with van der Waals surface area (Å²) in [6.07, 6.45) is -0.484. The van der Waals surface area contributed by atoms with Crippen molar-refractivity contribution in [3.05, 3.63) is 0 Å². The highest BCUT2D eigenvalue weighted by Gasteiger charge is 2.37. The number of nitrogens with zero attached hydrogens (tertiary/aromatic N) is 2. The molecule has 1 aliphatic rings. The molecule has 100 valence electrons. The molecule has 17 heavy (non-hydrogen) atoms. The molecule has 1 fully saturated rings. The zero-order chi connectivity index (χ0) is 13.1. The Morgan fingerprint density at radius 3 is 2.47 bits per heavy atom. The minimum atomic E-state index is -0.494. The van der Waals surface area contributed by atoms with Crippen molar-refractivity contribution in [3.8, 4) is 0 Å². The molecule has 1 aliphatic heterocycles. The molecule has 1 atom stereocenters. The van der Waals surface area contributed by atoms with Crippen LogP contribution in [0.3, 0.4) is 0 Å². The maximum atomic E-state index is 12.4. The van der Waals surface area contributed by atoms with E-state index in [9.17, 15) is 9.90 Å². The van der Waals surface area contributed by atoms with Crippen LogP contribution in [0.1, 0.15) is 20.8 Å². The Hall–Kier alpha value is -0.650. The van der Waals surface area contributed by atoms with Gasteiger partial charge < -0.3 is 15.3 Å². The standard InChI is InChI=1S/C12H25N3O2/c1-10(16)9-14(4)11(17)12(2,3)15-7-5-13-6-8-15/h10,13,16H,5-9H2,1-4H3. The van der Waals surface area contributed by atoms with Crippen LogP contribution < -0.4 is 5.32 Å². The number of carbonyl (C=O) groups excluding carboxylic acids is 1. The molecular formula is C12H25N3O2. The number of nitrogens with one attached hydrogen (secondary N) is 1. The fraction of sp³-hybridized carbons (Fsp3) is 0.917. The summed E-state index contributed by atoms with van der Waals surface area (Å²) >= 11 is 0. The van der Waals surface area contributed by atoms with Crippen LogP contribution in [0.4, 0.5) is 0 Å². The largest absolute Gasteiger partial charge is 0.392 e. The lowest BCUT2D eigenvalue weighted by Gasteiger charge is -2.41. The van der Waals surface area contributed by atoms with Crippen LogP contribution >= 0.6 is 0 Å². The number of carbonyl (C=O) groups is 1. The van der Waals surface area contributed by atoms with Gasteiger partial charge in [0, 0.05) is 39.8 Å². The molecule has 1 unspecified atom stereocenters. The summed E-state index contributed by atoms with van der Waals surface area (Å²) < 4.78 is 0. The summed E-state index contributed by atoms with van der Waals surface area (Å²) in [6.45, 7) is 9.63. The van der Waals surface area contributed by atoms with Crippen LogP contribution in [-0.2, 0) is 4.79 Å². The highest BCUT2D eigenvalue weighted by Crippen LogP contribution is 2.17. The number of piperazine rings is 1. The monoisotopic (exact) mass is 243 g/mol. The average molecular weight is 243 g/mol. The van der Waals surface area contributed by atoms with Crippen LogP contribution in [0.15, 0.2) is 0 Å². The van der Waals surface area contributed by atoms with E-state index in [2.05, 4.69) is 10.2 Å². The first-order valence-corrected chi connectivity index (χ1v) is 6.25. The molecule has 0 aromatic carbocycles. The van der Waals surface area contributed by atoms with Crippen molar-refractivity contribution in [2.75, 3.05) is 39.8 Å². The van der Waals surface area contributed by atoms with Crippen LogP contribution in [0.2, 0.25) is 0 Å². The number of hydrogen-bond donors (Lipinski definition) is 2. The van der Waals surface area contributed by atoms with E-state index >= 15 is 0 Å². The van der Waals surface area contributed by atoms with Gasteiger partial charge in [-0.1, -0.05) is 0 Å². The zero-order valence-corrected chi connectivity index (χ0v) is 11.4. The molecule has 0 spiro atoms. The third kappa shape index (κ3) is 3.66. The number of amides is 1. The number of aliphatic hydroxyl groups excluding tert-OH is 1. The molecule has 0 aromatic rings. The van der Waals surface area contributed by atoms with Gasteiger partial charge in [-0.2, -0.15) is 0 Å². The van der Waals surface area contributed by atoms with Gasteiger partial charge in [-0.15, -0.1) is 0 Å². The Morgan fingerprint density at radius 1 is 1.47 bits per heavy atom. The summed E-state index contributed by atoms with van der Waals surface area (Å²) in [6, 6.07) is 0. The normalized spacial score (nSPS) is 20.1. The van der Waals surface area contributed by atoms with Crippen molar-refractivity contribution in [1.29, 1.82) is 0 Å². The Labute approximate surface area is 104 Å². The van der Waals surface area contributed by atoms with Crippen molar-refractivity contribution in [2.45, 2.75) is 32.4 Å². The van der Waals surface area contributed by atoms with Crippen LogP contribution in [0.5, 0.6) is 0 Å². The predicted octanol–water partition coefficient (Wildman–Crippen LogP) is -0.491. The zero-order valence-electron chi connectivity index (χ0n) is 11.4. The van der Waals surface area contributed by atoms with E-state index in [1.165, 1.54) is 0 Å². The maximum absolute atomic E-state index is 12.4. The molecule has 0 radical (unpaired) electrons. The molecule has 2 N–H and O–H groups in total. The molecule has 5 nitrogen and oxygen atoms in total. The Morgan fingerprint density at radius 2 is 2.00 bits per heavy atom. The first-order valence-electron chi connectivity index (χ1n) is 6.25. The minimum Gasteiger partial charge on any atom is -0.392 e. The third-order valence-electron chi connectivity index (χ3n) is 3.32. The van der Waals surface area contributed by atoms with E-state index in [0.717, 1.165) is 26.2 Å². The molecule has 0 aliphatic carbocycles. The van der Waals surface area contributed by atoms with Crippen molar-refractivity contribution < 1.29 is 9.90 Å². The lowest BCUT2D eigenvalue weighted by atomic mass is 9.99. The van der Waals surface area contributed by atoms with Gasteiger partial charge >= 0.3 is 0 Å². The molecule has 1 amide bonds. The Bertz CT molecular complexity index is 260. The van der Waals surface area contributed by atoms with Crippen molar-refractivity contribution in [2.24, 2.45) is 0 Å². The van der Waals surface area contributed by atoms with E-state index in [0.29, 0.717) is 6.54 Å². The minimum absolute atomic E-state index is 0.0697. The molecule has 1 rings (SSSR count). The quantitative estimate of drug-likeness (QED) is 0.699. The smallest absolute Gasteiger partial charge is 0.242 e. The topological polar surface area (TPSA) is 55.8 Å². The average Bonchev–Trinajstić information content (AvgIpc) is 2.28. The van der Waals surface area contributed by atoms with E-state index in [-0.39, 0.29) is 5.91 Å². The van der Waals surface area contributed by atoms with Gasteiger partial charge in [0.05, 0.1) is 11.6 Å². The lowest BCUT2D eigenvalue weighted by Crippen LogP contribution is -2.60. The SMILES string of the molecule is CC(O)CN(C)C(=O)C(C)(C)N1CCNCC1. The van der Waals surface area contributed by atoms with Crippen LogP contribution in [-0.4, -0.2) is 72.2 Å². The summed E-state index contributed by atoms with van der Waals surface area (Å²) in [4.78, 5) is 16.2. The van der Waals surface area contributed by atoms with E-state index < -0.39 is 11.6 Å². The second-order valence-electron chi connectivity index (χ2n) is 5.33. The number of hydrogen-bond acceptors (Lipinski definition) is 4. The maximum Gasteiger partial charge on any atom is 0.242 e. The first kappa shape index (κ1) is 14.4. The fourth-order valence-electron chi connectivity index (χ4n) is 2.31. The third-order valence-corrected chi connectivity index (χ3v) is 3.32. The number of likely N-dealkylation sites (N-methyl/N-ethyl adjacent to an activating group) is 1. The van der Waals surface area contributed by atoms with Crippen molar-refractivity contribution >= 4 is 5.91 Å². The first-order chi connectivity index (χ1) is 7.85. The van der Waals surface area contributed by atoms with E-state index in [4.69, 9.17) is 0 Å². The van der Waals surface area contributed by atoms with Crippen LogP contribution in [0.25, 0.3) is 0 Å². The second-order valence-corrected chi connectivity index (χ2v) is 5.33. The van der Waals surface area contributed by atoms with E-state index in [1.54, 1.807) is 18.9 Å². The summed E-state index contributed by atoms with van der Waals surface area (Å²) in [7, 11) is 1.75. The van der Waals surface area contributed by atoms with Gasteiger partial charge in [-0.05, 0) is 20.8 Å². The van der Waals surface area contributed by atoms with Crippen molar-refractivity contribution in [1.82, 2.24) is 15.1 Å². The second kappa shape index (κ2) is 5.80. The van der Waals surface area contributed by atoms with Gasteiger partial charge in [0.25, 0.3) is 0 Å². The van der Waals surface area contributed by atoms with E-state index in [1.807, 2.05) is 13.8 Å². The molecule has 0 aromatic heterocycles. The van der Waals surface area contributed by atoms with Gasteiger partial charge in [0.1, 0.15) is 0 Å². The molecule has 1 heterocycles. The fourth-order valence-corrected chi connectivity index (χ4v) is 2.31.